The van der Waals surface area contributed by atoms with Gasteiger partial charge in [0.15, 0.2) is 5.90 Å². The van der Waals surface area contributed by atoms with Gasteiger partial charge >= 0.3 is 7.12 Å². The van der Waals surface area contributed by atoms with E-state index in [0.29, 0.717) is 17.0 Å². The lowest BCUT2D eigenvalue weighted by Gasteiger charge is -2.19. The van der Waals surface area contributed by atoms with Gasteiger partial charge in [-0.2, -0.15) is 0 Å². The lowest BCUT2D eigenvalue weighted by Crippen LogP contribution is -2.39. The molecule has 128 valence electrons. The van der Waals surface area contributed by atoms with Crippen LogP contribution in [0.15, 0.2) is 59.9 Å². The molecule has 0 bridgehead atoms. The van der Waals surface area contributed by atoms with Crippen LogP contribution in [0.4, 0.5) is 11.4 Å². The third-order valence-electron chi connectivity index (χ3n) is 4.24. The summed E-state index contributed by atoms with van der Waals surface area (Å²) >= 11 is 0. The van der Waals surface area contributed by atoms with Crippen molar-refractivity contribution in [2.75, 3.05) is 5.32 Å². The number of pyridine rings is 1. The number of nitrogens with one attached hydrogen (secondary N) is 1. The normalized spacial score (nSPS) is 13.0. The molecule has 1 aromatic heterocycles. The van der Waals surface area contributed by atoms with E-state index in [2.05, 4.69) is 15.3 Å². The first-order chi connectivity index (χ1) is 12.6. The van der Waals surface area contributed by atoms with Crippen molar-refractivity contribution in [2.45, 2.75) is 13.3 Å². The highest BCUT2D eigenvalue weighted by molar-refractivity contribution is 6.64. The molecular formula is C19H16BN3O3. The molecule has 0 atom stereocenters. The average molecular weight is 345 g/mol. The van der Waals surface area contributed by atoms with Crippen LogP contribution in [-0.2, 0) is 15.9 Å². The van der Waals surface area contributed by atoms with Crippen molar-refractivity contribution in [1.29, 1.82) is 0 Å². The number of nitrogens with zero attached hydrogens (tertiary/aromatic N) is 2. The monoisotopic (exact) mass is 345 g/mol. The SMILES string of the molecule is CC1=Nc2c(CC(=O)Nc3ccc4cnccc4c3)cccc2B(O)O1. The van der Waals surface area contributed by atoms with Gasteiger partial charge in [-0.15, -0.1) is 0 Å². The Morgan fingerprint density at radius 3 is 3.00 bits per heavy atom. The minimum atomic E-state index is -1.06. The fourth-order valence-corrected chi connectivity index (χ4v) is 3.04. The van der Waals surface area contributed by atoms with E-state index in [1.165, 1.54) is 0 Å². The van der Waals surface area contributed by atoms with Crippen molar-refractivity contribution in [3.05, 3.63) is 60.4 Å². The number of hydrogen-bond donors (Lipinski definition) is 2. The topological polar surface area (TPSA) is 83.8 Å². The fourth-order valence-electron chi connectivity index (χ4n) is 3.04. The van der Waals surface area contributed by atoms with Crippen LogP contribution in [-0.4, -0.2) is 28.9 Å². The molecular weight excluding hydrogens is 329 g/mol. The van der Waals surface area contributed by atoms with Gasteiger partial charge in [0.1, 0.15) is 0 Å². The zero-order valence-electron chi connectivity index (χ0n) is 14.1. The predicted octanol–water partition coefficient (Wildman–Crippen LogP) is 2.18. The van der Waals surface area contributed by atoms with Crippen LogP contribution >= 0.6 is 0 Å². The maximum Gasteiger partial charge on any atom is 0.563 e. The van der Waals surface area contributed by atoms with Crippen LogP contribution in [0.2, 0.25) is 0 Å². The molecule has 1 amide bonds. The van der Waals surface area contributed by atoms with E-state index in [0.717, 1.165) is 22.0 Å². The molecule has 0 unspecified atom stereocenters. The first-order valence-corrected chi connectivity index (χ1v) is 8.25. The van der Waals surface area contributed by atoms with Gasteiger partial charge in [0, 0.05) is 35.9 Å². The van der Waals surface area contributed by atoms with Crippen LogP contribution in [0.1, 0.15) is 12.5 Å². The molecule has 0 fully saturated rings. The summed E-state index contributed by atoms with van der Waals surface area (Å²) in [4.78, 5) is 20.9. The number of aliphatic imine (C=N–C) groups is 1. The first-order valence-electron chi connectivity index (χ1n) is 8.25. The van der Waals surface area contributed by atoms with Crippen molar-refractivity contribution in [2.24, 2.45) is 4.99 Å². The van der Waals surface area contributed by atoms with Crippen LogP contribution in [0.25, 0.3) is 10.8 Å². The molecule has 1 aliphatic rings. The van der Waals surface area contributed by atoms with Gasteiger partial charge in [0.05, 0.1) is 12.1 Å². The van der Waals surface area contributed by atoms with Gasteiger partial charge < -0.3 is 15.0 Å². The van der Waals surface area contributed by atoms with Gasteiger partial charge in [-0.25, -0.2) is 4.99 Å². The molecule has 2 heterocycles. The van der Waals surface area contributed by atoms with Crippen molar-refractivity contribution in [3.63, 3.8) is 0 Å². The number of amides is 1. The number of anilines is 1. The summed E-state index contributed by atoms with van der Waals surface area (Å²) in [6.07, 6.45) is 3.66. The second kappa shape index (κ2) is 6.61. The van der Waals surface area contributed by atoms with E-state index < -0.39 is 7.12 Å². The maximum absolute atomic E-state index is 12.5. The van der Waals surface area contributed by atoms with Gasteiger partial charge in [-0.1, -0.05) is 24.3 Å². The number of carbonyl (C=O) groups is 1. The van der Waals surface area contributed by atoms with Crippen LogP contribution < -0.4 is 10.8 Å². The summed E-state index contributed by atoms with van der Waals surface area (Å²) in [5, 5.41) is 15.0. The van der Waals surface area contributed by atoms with Crippen LogP contribution in [0.3, 0.4) is 0 Å². The summed E-state index contributed by atoms with van der Waals surface area (Å²) in [5.41, 5.74) is 2.64. The smallest absolute Gasteiger partial charge is 0.522 e. The van der Waals surface area contributed by atoms with Gasteiger partial charge in [-0.05, 0) is 29.1 Å². The molecule has 6 nitrogen and oxygen atoms in total. The fraction of sp³-hybridized carbons (Fsp3) is 0.105. The zero-order chi connectivity index (χ0) is 18.1. The molecule has 7 heteroatoms. The number of carbonyl (C=O) groups excluding carboxylic acids is 1. The van der Waals surface area contributed by atoms with Crippen LogP contribution in [0, 0.1) is 0 Å². The Balaban J connectivity index is 1.56. The summed E-state index contributed by atoms with van der Waals surface area (Å²) in [5.74, 6) is 0.224. The second-order valence-corrected chi connectivity index (χ2v) is 6.12. The van der Waals surface area contributed by atoms with E-state index in [1.54, 1.807) is 31.5 Å². The average Bonchev–Trinajstić information content (AvgIpc) is 2.62. The highest BCUT2D eigenvalue weighted by Crippen LogP contribution is 2.23. The summed E-state index contributed by atoms with van der Waals surface area (Å²) < 4.78 is 5.21. The van der Waals surface area contributed by atoms with E-state index >= 15 is 0 Å². The molecule has 26 heavy (non-hydrogen) atoms. The van der Waals surface area contributed by atoms with Crippen LogP contribution in [0.5, 0.6) is 0 Å². The van der Waals surface area contributed by atoms with Gasteiger partial charge in [-0.3, -0.25) is 9.78 Å². The number of benzene rings is 2. The Labute approximate surface area is 150 Å². The van der Waals surface area contributed by atoms with E-state index in [9.17, 15) is 9.82 Å². The third-order valence-corrected chi connectivity index (χ3v) is 4.24. The molecule has 0 radical (unpaired) electrons. The Morgan fingerprint density at radius 1 is 1.23 bits per heavy atom. The Hall–Kier alpha value is -3.19. The molecule has 3 aromatic rings. The van der Waals surface area contributed by atoms with Crippen molar-refractivity contribution in [1.82, 2.24) is 4.98 Å². The summed E-state index contributed by atoms with van der Waals surface area (Å²) in [6.45, 7) is 1.67. The van der Waals surface area contributed by atoms with E-state index in [-0.39, 0.29) is 12.3 Å². The number of aromatic nitrogens is 1. The van der Waals surface area contributed by atoms with Gasteiger partial charge in [0.2, 0.25) is 5.91 Å². The molecule has 2 N–H and O–H groups in total. The minimum Gasteiger partial charge on any atom is -0.522 e. The van der Waals surface area contributed by atoms with Crippen molar-refractivity contribution in [3.8, 4) is 0 Å². The highest BCUT2D eigenvalue weighted by Gasteiger charge is 2.28. The number of fused-ring (bicyclic) bond motifs is 2. The molecule has 1 aliphatic heterocycles. The highest BCUT2D eigenvalue weighted by atomic mass is 16.5. The summed E-state index contributed by atoms with van der Waals surface area (Å²) in [6, 6.07) is 12.9. The molecule has 0 spiro atoms. The lowest BCUT2D eigenvalue weighted by molar-refractivity contribution is -0.115. The first kappa shape index (κ1) is 16.3. The maximum atomic E-state index is 12.5. The molecule has 2 aromatic carbocycles. The predicted molar refractivity (Wildman–Crippen MR) is 102 cm³/mol. The second-order valence-electron chi connectivity index (χ2n) is 6.12. The van der Waals surface area contributed by atoms with Crippen molar-refractivity contribution < 1.29 is 14.5 Å². The number of rotatable bonds is 3. The van der Waals surface area contributed by atoms with Gasteiger partial charge in [0.25, 0.3) is 0 Å². The molecule has 4 rings (SSSR count). The lowest BCUT2D eigenvalue weighted by atomic mass is 9.76. The number of para-hydroxylation sites is 1. The molecule has 0 aliphatic carbocycles. The number of hydrogen-bond acceptors (Lipinski definition) is 5. The Bertz CT molecular complexity index is 1040. The van der Waals surface area contributed by atoms with Crippen molar-refractivity contribution >= 4 is 46.5 Å². The zero-order valence-corrected chi connectivity index (χ0v) is 14.1. The van der Waals surface area contributed by atoms with E-state index in [1.807, 2.05) is 30.3 Å². The molecule has 0 saturated carbocycles. The molecule has 0 saturated heterocycles. The summed E-state index contributed by atoms with van der Waals surface area (Å²) in [7, 11) is -1.06. The largest absolute Gasteiger partial charge is 0.563 e. The van der Waals surface area contributed by atoms with E-state index in [4.69, 9.17) is 4.65 Å². The Kier molecular flexibility index (Phi) is 4.14. The Morgan fingerprint density at radius 2 is 2.12 bits per heavy atom. The standard InChI is InChI=1S/C19H16BN3O3/c1-12-22-19-14(3-2-4-17(19)20(25)26-12)10-18(24)23-16-6-5-15-11-21-8-7-13(15)9-16/h2-9,11,25H,10H2,1H3,(H,23,24). The third kappa shape index (κ3) is 3.17. The minimum absolute atomic E-state index is 0.152. The quantitative estimate of drug-likeness (QED) is 0.713.